The van der Waals surface area contributed by atoms with Gasteiger partial charge in [-0.25, -0.2) is 8.78 Å². The summed E-state index contributed by atoms with van der Waals surface area (Å²) in [6, 6.07) is 3.58. The number of piperidine rings is 1. The van der Waals surface area contributed by atoms with Crippen LogP contribution in [0, 0.1) is 5.92 Å². The predicted octanol–water partition coefficient (Wildman–Crippen LogP) is 1.74. The number of hydrogen-bond donors (Lipinski definition) is 2. The third-order valence-corrected chi connectivity index (χ3v) is 9.75. The first-order valence-corrected chi connectivity index (χ1v) is 13.1. The third-order valence-electron chi connectivity index (χ3n) is 9.75. The minimum atomic E-state index is -2.74. The summed E-state index contributed by atoms with van der Waals surface area (Å²) in [6.45, 7) is 2.28. The fourth-order valence-corrected chi connectivity index (χ4v) is 7.86. The van der Waals surface area contributed by atoms with E-state index in [9.17, 15) is 23.8 Å². The number of ether oxygens (including phenoxy) is 1. The van der Waals surface area contributed by atoms with Crippen molar-refractivity contribution in [2.75, 3.05) is 45.8 Å². The van der Waals surface area contributed by atoms with Crippen LogP contribution in [0.4, 0.5) is 8.78 Å². The van der Waals surface area contributed by atoms with E-state index in [2.05, 4.69) is 4.90 Å². The lowest BCUT2D eigenvalue weighted by Crippen LogP contribution is -2.74. The average Bonchev–Trinajstić information content (AvgIpc) is 3.49. The van der Waals surface area contributed by atoms with Crippen molar-refractivity contribution in [1.82, 2.24) is 14.7 Å². The number of amides is 1. The molecule has 4 atom stereocenters. The molecule has 0 radical (unpaired) electrons. The van der Waals surface area contributed by atoms with Crippen molar-refractivity contribution in [2.24, 2.45) is 5.92 Å². The first-order valence-electron chi connectivity index (χ1n) is 13.1. The maximum Gasteiger partial charge on any atom is 0.261 e. The number of hydrogen-bond acceptors (Lipinski definition) is 6. The summed E-state index contributed by atoms with van der Waals surface area (Å²) in [5.74, 6) is -1.72. The molecule has 1 aromatic carbocycles. The summed E-state index contributed by atoms with van der Waals surface area (Å²) in [4.78, 5) is 19.0. The molecule has 6 aliphatic rings. The highest BCUT2D eigenvalue weighted by molar-refractivity contribution is 5.78. The first kappa shape index (κ1) is 22.2. The maximum absolute atomic E-state index is 13.7. The molecule has 2 bridgehead atoms. The van der Waals surface area contributed by atoms with Crippen LogP contribution in [0.25, 0.3) is 0 Å². The molecule has 1 spiro atoms. The number of rotatable bonds is 4. The molecule has 35 heavy (non-hydrogen) atoms. The van der Waals surface area contributed by atoms with Gasteiger partial charge < -0.3 is 19.8 Å². The highest BCUT2D eigenvalue weighted by atomic mass is 19.3. The molecule has 3 saturated heterocycles. The summed E-state index contributed by atoms with van der Waals surface area (Å²) in [6.07, 6.45) is 3.60. The van der Waals surface area contributed by atoms with Crippen LogP contribution in [0.15, 0.2) is 12.1 Å². The quantitative estimate of drug-likeness (QED) is 0.671. The van der Waals surface area contributed by atoms with E-state index in [1.807, 2.05) is 6.07 Å². The summed E-state index contributed by atoms with van der Waals surface area (Å²) in [7, 11) is 0. The number of aromatic hydroxyl groups is 1. The molecular formula is C26H33F2N3O4. The average molecular weight is 490 g/mol. The molecule has 7 nitrogen and oxygen atoms in total. The van der Waals surface area contributed by atoms with E-state index >= 15 is 0 Å². The molecule has 0 aromatic heterocycles. The zero-order chi connectivity index (χ0) is 24.2. The second-order valence-corrected chi connectivity index (χ2v) is 11.8. The standard InChI is InChI=1S/C26H33F2N3O4/c27-24(28)5-8-29(15-24)14-21(33)31-10-7-26(34)19-11-17-3-4-18(32)23-22(17)25(26,20(13-31)35-23)6-9-30(19)12-16-1-2-16/h3-4,16,19-20,32,34H,1-2,5-15H2/t19-,20+,25-,26-/m1/s1. The Morgan fingerprint density at radius 1 is 1.14 bits per heavy atom. The van der Waals surface area contributed by atoms with Gasteiger partial charge in [-0.2, -0.15) is 0 Å². The number of phenolic OH excluding ortho intramolecular Hbond substituents is 1. The lowest BCUT2D eigenvalue weighted by Gasteiger charge is -2.60. The number of aliphatic hydroxyl groups is 1. The lowest BCUT2D eigenvalue weighted by molar-refractivity contribution is -0.162. The van der Waals surface area contributed by atoms with Gasteiger partial charge in [0.25, 0.3) is 5.92 Å². The number of phenols is 1. The van der Waals surface area contributed by atoms with E-state index in [1.54, 1.807) is 11.0 Å². The van der Waals surface area contributed by atoms with E-state index in [4.69, 9.17) is 4.74 Å². The van der Waals surface area contributed by atoms with Crippen LogP contribution < -0.4 is 4.74 Å². The van der Waals surface area contributed by atoms with Gasteiger partial charge in [-0.3, -0.25) is 14.6 Å². The van der Waals surface area contributed by atoms with Crippen LogP contribution in [-0.2, 0) is 16.6 Å². The molecule has 4 fully saturated rings. The van der Waals surface area contributed by atoms with Gasteiger partial charge in [-0.05, 0) is 56.2 Å². The van der Waals surface area contributed by atoms with Crippen molar-refractivity contribution >= 4 is 5.91 Å². The number of likely N-dealkylation sites (tertiary alicyclic amines) is 3. The smallest absolute Gasteiger partial charge is 0.261 e. The van der Waals surface area contributed by atoms with Gasteiger partial charge in [0, 0.05) is 37.7 Å². The van der Waals surface area contributed by atoms with E-state index in [-0.39, 0.29) is 50.3 Å². The van der Waals surface area contributed by atoms with Crippen molar-refractivity contribution in [2.45, 2.75) is 67.6 Å². The Morgan fingerprint density at radius 3 is 2.71 bits per heavy atom. The predicted molar refractivity (Wildman–Crippen MR) is 123 cm³/mol. The summed E-state index contributed by atoms with van der Waals surface area (Å²) >= 11 is 0. The molecule has 2 N–H and O–H groups in total. The van der Waals surface area contributed by atoms with Gasteiger partial charge in [0.2, 0.25) is 5.91 Å². The van der Waals surface area contributed by atoms with E-state index in [0.29, 0.717) is 37.5 Å². The van der Waals surface area contributed by atoms with Crippen LogP contribution in [0.1, 0.15) is 43.2 Å². The second-order valence-electron chi connectivity index (χ2n) is 11.8. The van der Waals surface area contributed by atoms with Gasteiger partial charge >= 0.3 is 0 Å². The highest BCUT2D eigenvalue weighted by Crippen LogP contribution is 2.63. The van der Waals surface area contributed by atoms with Gasteiger partial charge in [0.15, 0.2) is 11.5 Å². The molecule has 1 aromatic rings. The topological polar surface area (TPSA) is 76.5 Å². The number of halogens is 2. The number of carbonyl (C=O) groups excluding carboxylic acids is 1. The van der Waals surface area contributed by atoms with Gasteiger partial charge in [-0.1, -0.05) is 6.07 Å². The minimum Gasteiger partial charge on any atom is -0.504 e. The van der Waals surface area contributed by atoms with Gasteiger partial charge in [0.1, 0.15) is 6.10 Å². The van der Waals surface area contributed by atoms with E-state index < -0.39 is 23.0 Å². The number of nitrogens with zero attached hydrogens (tertiary/aromatic N) is 3. The Labute approximate surface area is 203 Å². The van der Waals surface area contributed by atoms with Crippen molar-refractivity contribution in [1.29, 1.82) is 0 Å². The van der Waals surface area contributed by atoms with Crippen LogP contribution in [0.2, 0.25) is 0 Å². The first-order chi connectivity index (χ1) is 16.7. The number of benzene rings is 1. The lowest BCUT2D eigenvalue weighted by atomic mass is 9.52. The van der Waals surface area contributed by atoms with Crippen molar-refractivity contribution in [3.8, 4) is 11.5 Å². The Kier molecular flexibility index (Phi) is 4.64. The van der Waals surface area contributed by atoms with Crippen molar-refractivity contribution in [3.63, 3.8) is 0 Å². The highest BCUT2D eigenvalue weighted by Gasteiger charge is 2.71. The van der Waals surface area contributed by atoms with E-state index in [0.717, 1.165) is 24.2 Å². The van der Waals surface area contributed by atoms with Crippen molar-refractivity contribution < 1.29 is 28.5 Å². The van der Waals surface area contributed by atoms with Crippen molar-refractivity contribution in [3.05, 3.63) is 23.3 Å². The molecular weight excluding hydrogens is 456 g/mol. The molecule has 1 saturated carbocycles. The molecule has 4 aliphatic heterocycles. The summed E-state index contributed by atoms with van der Waals surface area (Å²) < 4.78 is 33.8. The molecule has 2 aliphatic carbocycles. The number of carbonyl (C=O) groups is 1. The summed E-state index contributed by atoms with van der Waals surface area (Å²) in [5.41, 5.74) is 0.275. The largest absolute Gasteiger partial charge is 0.504 e. The number of alkyl halides is 2. The minimum absolute atomic E-state index is 0.0472. The van der Waals surface area contributed by atoms with Gasteiger partial charge in [0.05, 0.1) is 30.7 Å². The third kappa shape index (κ3) is 3.13. The molecule has 190 valence electrons. The Morgan fingerprint density at radius 2 is 1.97 bits per heavy atom. The molecule has 7 rings (SSSR count). The zero-order valence-corrected chi connectivity index (χ0v) is 19.9. The Balaban J connectivity index is 1.24. The van der Waals surface area contributed by atoms with Crippen LogP contribution >= 0.6 is 0 Å². The second kappa shape index (κ2) is 7.29. The zero-order valence-electron chi connectivity index (χ0n) is 19.9. The molecule has 0 unspecified atom stereocenters. The summed E-state index contributed by atoms with van der Waals surface area (Å²) in [5, 5.41) is 23.3. The SMILES string of the molecule is O=C(CN1CCC(F)(F)C1)N1CC[C@@]2(O)[C@H]3Cc4ccc(O)c5c4[C@@]2(CCN3CC2CC2)[C@H](C1)O5. The van der Waals surface area contributed by atoms with Crippen LogP contribution in [0.3, 0.4) is 0 Å². The van der Waals surface area contributed by atoms with Crippen LogP contribution in [0.5, 0.6) is 11.5 Å². The van der Waals surface area contributed by atoms with E-state index in [1.165, 1.54) is 17.7 Å². The Hall–Kier alpha value is -1.97. The van der Waals surface area contributed by atoms with Gasteiger partial charge in [-0.15, -0.1) is 0 Å². The Bertz CT molecular complexity index is 1080. The monoisotopic (exact) mass is 489 g/mol. The fraction of sp³-hybridized carbons (Fsp3) is 0.731. The normalized spacial score (nSPS) is 37.6. The van der Waals surface area contributed by atoms with Crippen LogP contribution in [-0.4, -0.2) is 100 Å². The molecule has 1 amide bonds. The fourth-order valence-electron chi connectivity index (χ4n) is 7.86. The molecule has 4 heterocycles. The molecule has 9 heteroatoms. The maximum atomic E-state index is 13.7.